The van der Waals surface area contributed by atoms with Crippen LogP contribution in [0.5, 0.6) is 0 Å². The van der Waals surface area contributed by atoms with E-state index in [4.69, 9.17) is 23.2 Å². The van der Waals surface area contributed by atoms with Crippen molar-refractivity contribution in [1.82, 2.24) is 15.0 Å². The molecule has 104 valence electrons. The lowest BCUT2D eigenvalue weighted by molar-refractivity contribution is 0.715. The van der Waals surface area contributed by atoms with E-state index in [-0.39, 0.29) is 0 Å². The van der Waals surface area contributed by atoms with Gasteiger partial charge in [-0.2, -0.15) is 0 Å². The largest absolute Gasteiger partial charge is 0.261 e. The summed E-state index contributed by atoms with van der Waals surface area (Å²) in [6.45, 7) is 1.94. The third-order valence-corrected chi connectivity index (χ3v) is 4.36. The molecule has 5 heteroatoms. The first-order chi connectivity index (χ1) is 9.65. The van der Waals surface area contributed by atoms with Crippen LogP contribution in [-0.2, 0) is 0 Å². The second-order valence-corrected chi connectivity index (χ2v) is 5.93. The zero-order valence-electron chi connectivity index (χ0n) is 11.2. The van der Waals surface area contributed by atoms with Crippen molar-refractivity contribution in [3.63, 3.8) is 0 Å². The molecule has 20 heavy (non-hydrogen) atoms. The minimum atomic E-state index is 0.403. The molecule has 1 aliphatic carbocycles. The number of aromatic nitrogens is 3. The Hall–Kier alpha value is -1.19. The molecule has 3 nitrogen and oxygen atoms in total. The summed E-state index contributed by atoms with van der Waals surface area (Å²) in [6.07, 6.45) is 6.43. The molecular formula is C15H15Cl2N3. The summed E-state index contributed by atoms with van der Waals surface area (Å²) in [5.74, 6) is 0.939. The Balaban J connectivity index is 2.00. The molecule has 2 heterocycles. The molecular weight excluding hydrogens is 293 g/mol. The summed E-state index contributed by atoms with van der Waals surface area (Å²) >= 11 is 12.7. The number of halogens is 2. The average Bonchev–Trinajstić information content (AvgIpc) is 2.92. The van der Waals surface area contributed by atoms with E-state index in [1.165, 1.54) is 12.8 Å². The highest BCUT2D eigenvalue weighted by Gasteiger charge is 2.24. The maximum absolute atomic E-state index is 6.34. The number of aryl methyl sites for hydroxylation is 1. The third kappa shape index (κ3) is 2.65. The van der Waals surface area contributed by atoms with Crippen molar-refractivity contribution in [3.8, 4) is 11.4 Å². The standard InChI is InChI=1S/C15H15Cl2N3/c1-9-6-7-11(8-18-9)15-19-13(16)12(14(17)20-15)10-4-2-3-5-10/h6-8,10H,2-5H2,1H3. The highest BCUT2D eigenvalue weighted by Crippen LogP contribution is 2.40. The first-order valence-corrected chi connectivity index (χ1v) is 7.56. The fourth-order valence-electron chi connectivity index (χ4n) is 2.70. The molecule has 0 aliphatic heterocycles. The second-order valence-electron chi connectivity index (χ2n) is 5.21. The summed E-state index contributed by atoms with van der Waals surface area (Å²) in [7, 11) is 0. The molecule has 0 unspecified atom stereocenters. The van der Waals surface area contributed by atoms with E-state index in [2.05, 4.69) is 15.0 Å². The lowest BCUT2D eigenvalue weighted by Gasteiger charge is -2.13. The second kappa shape index (κ2) is 5.66. The molecule has 0 saturated heterocycles. The van der Waals surface area contributed by atoms with E-state index < -0.39 is 0 Å². The van der Waals surface area contributed by atoms with Crippen LogP contribution in [-0.4, -0.2) is 15.0 Å². The van der Waals surface area contributed by atoms with Crippen LogP contribution < -0.4 is 0 Å². The lowest BCUT2D eigenvalue weighted by atomic mass is 10.0. The number of rotatable bonds is 2. The molecule has 0 atom stereocenters. The summed E-state index contributed by atoms with van der Waals surface area (Å²) in [4.78, 5) is 13.1. The van der Waals surface area contributed by atoms with E-state index in [0.717, 1.165) is 29.7 Å². The van der Waals surface area contributed by atoms with Crippen LogP contribution >= 0.6 is 23.2 Å². The first kappa shape index (κ1) is 13.8. The van der Waals surface area contributed by atoms with Gasteiger partial charge in [0.05, 0.1) is 0 Å². The van der Waals surface area contributed by atoms with Crippen molar-refractivity contribution in [1.29, 1.82) is 0 Å². The van der Waals surface area contributed by atoms with Crippen molar-refractivity contribution in [2.24, 2.45) is 0 Å². The summed E-state index contributed by atoms with van der Waals surface area (Å²) in [5, 5.41) is 0.958. The molecule has 2 aromatic heterocycles. The predicted octanol–water partition coefficient (Wildman–Crippen LogP) is 4.81. The Labute approximate surface area is 128 Å². The van der Waals surface area contributed by atoms with Crippen molar-refractivity contribution in [2.45, 2.75) is 38.5 Å². The van der Waals surface area contributed by atoms with Gasteiger partial charge in [0.25, 0.3) is 0 Å². The van der Waals surface area contributed by atoms with Gasteiger partial charge >= 0.3 is 0 Å². The molecule has 3 rings (SSSR count). The average molecular weight is 308 g/mol. The normalized spacial score (nSPS) is 15.8. The summed E-state index contributed by atoms with van der Waals surface area (Å²) in [5.41, 5.74) is 2.69. The van der Waals surface area contributed by atoms with E-state index in [9.17, 15) is 0 Å². The first-order valence-electron chi connectivity index (χ1n) is 6.81. The number of nitrogens with zero attached hydrogens (tertiary/aromatic N) is 3. The van der Waals surface area contributed by atoms with Gasteiger partial charge in [-0.25, -0.2) is 9.97 Å². The molecule has 0 bridgehead atoms. The SMILES string of the molecule is Cc1ccc(-c2nc(Cl)c(C3CCCC3)c(Cl)n2)cn1. The van der Waals surface area contributed by atoms with E-state index in [1.54, 1.807) is 6.20 Å². The molecule has 0 amide bonds. The molecule has 0 aromatic carbocycles. The van der Waals surface area contributed by atoms with Crippen LogP contribution in [0.2, 0.25) is 10.3 Å². The van der Waals surface area contributed by atoms with Gasteiger partial charge in [-0.3, -0.25) is 4.98 Å². The van der Waals surface area contributed by atoms with Gasteiger partial charge in [-0.15, -0.1) is 0 Å². The Morgan fingerprint density at radius 3 is 2.25 bits per heavy atom. The zero-order valence-corrected chi connectivity index (χ0v) is 12.7. The van der Waals surface area contributed by atoms with Crippen molar-refractivity contribution in [3.05, 3.63) is 39.9 Å². The highest BCUT2D eigenvalue weighted by molar-refractivity contribution is 6.34. The van der Waals surface area contributed by atoms with Crippen LogP contribution in [0, 0.1) is 6.92 Å². The lowest BCUT2D eigenvalue weighted by Crippen LogP contribution is -2.01. The number of hydrogen-bond donors (Lipinski definition) is 0. The Bertz CT molecular complexity index is 597. The van der Waals surface area contributed by atoms with Crippen LogP contribution in [0.15, 0.2) is 18.3 Å². The Morgan fingerprint density at radius 2 is 1.70 bits per heavy atom. The molecule has 1 saturated carbocycles. The molecule has 0 radical (unpaired) electrons. The fraction of sp³-hybridized carbons (Fsp3) is 0.400. The highest BCUT2D eigenvalue weighted by atomic mass is 35.5. The quantitative estimate of drug-likeness (QED) is 0.747. The zero-order chi connectivity index (χ0) is 14.1. The minimum absolute atomic E-state index is 0.403. The Kier molecular flexibility index (Phi) is 3.90. The number of pyridine rings is 1. The van der Waals surface area contributed by atoms with Crippen LogP contribution in [0.3, 0.4) is 0 Å². The smallest absolute Gasteiger partial charge is 0.164 e. The van der Waals surface area contributed by atoms with Crippen LogP contribution in [0.4, 0.5) is 0 Å². The van der Waals surface area contributed by atoms with Crippen LogP contribution in [0.1, 0.15) is 42.9 Å². The van der Waals surface area contributed by atoms with Crippen LogP contribution in [0.25, 0.3) is 11.4 Å². The van der Waals surface area contributed by atoms with E-state index >= 15 is 0 Å². The van der Waals surface area contributed by atoms with Crippen molar-refractivity contribution >= 4 is 23.2 Å². The fourth-order valence-corrected chi connectivity index (χ4v) is 3.39. The van der Waals surface area contributed by atoms with Gasteiger partial charge in [-0.1, -0.05) is 36.0 Å². The summed E-state index contributed by atoms with van der Waals surface area (Å²) < 4.78 is 0. The summed E-state index contributed by atoms with van der Waals surface area (Å²) in [6, 6.07) is 3.85. The molecule has 1 aliphatic rings. The third-order valence-electron chi connectivity index (χ3n) is 3.79. The molecule has 1 fully saturated rings. The maximum Gasteiger partial charge on any atom is 0.164 e. The van der Waals surface area contributed by atoms with Crippen molar-refractivity contribution < 1.29 is 0 Å². The van der Waals surface area contributed by atoms with Gasteiger partial charge in [0.1, 0.15) is 10.3 Å². The van der Waals surface area contributed by atoms with Gasteiger partial charge in [0.2, 0.25) is 0 Å². The van der Waals surface area contributed by atoms with Crippen molar-refractivity contribution in [2.75, 3.05) is 0 Å². The van der Waals surface area contributed by atoms with E-state index in [1.807, 2.05) is 19.1 Å². The molecule has 2 aromatic rings. The van der Waals surface area contributed by atoms with E-state index in [0.29, 0.717) is 22.0 Å². The minimum Gasteiger partial charge on any atom is -0.261 e. The van der Waals surface area contributed by atoms with Gasteiger partial charge in [0, 0.05) is 23.0 Å². The molecule has 0 spiro atoms. The monoisotopic (exact) mass is 307 g/mol. The molecule has 0 N–H and O–H groups in total. The topological polar surface area (TPSA) is 38.7 Å². The van der Waals surface area contributed by atoms with Gasteiger partial charge in [-0.05, 0) is 37.8 Å². The number of hydrogen-bond acceptors (Lipinski definition) is 3. The van der Waals surface area contributed by atoms with Gasteiger partial charge in [0.15, 0.2) is 5.82 Å². The maximum atomic E-state index is 6.34. The Morgan fingerprint density at radius 1 is 1.05 bits per heavy atom. The predicted molar refractivity (Wildman–Crippen MR) is 81.2 cm³/mol. The van der Waals surface area contributed by atoms with Gasteiger partial charge < -0.3 is 0 Å².